The van der Waals surface area contributed by atoms with E-state index < -0.39 is 0 Å². The molecule has 2 atom stereocenters. The Labute approximate surface area is 114 Å². The first kappa shape index (κ1) is 13.9. The van der Waals surface area contributed by atoms with E-state index in [0.717, 1.165) is 25.0 Å². The van der Waals surface area contributed by atoms with Gasteiger partial charge in [-0.05, 0) is 24.5 Å². The lowest BCUT2D eigenvalue weighted by atomic mass is 9.95. The maximum absolute atomic E-state index is 11.7. The van der Waals surface area contributed by atoms with E-state index >= 15 is 0 Å². The zero-order valence-corrected chi connectivity index (χ0v) is 11.7. The summed E-state index contributed by atoms with van der Waals surface area (Å²) in [5.74, 6) is 1.46. The van der Waals surface area contributed by atoms with E-state index in [0.29, 0.717) is 12.5 Å². The number of esters is 1. The van der Waals surface area contributed by atoms with E-state index in [9.17, 15) is 4.79 Å². The van der Waals surface area contributed by atoms with Gasteiger partial charge in [0.25, 0.3) is 0 Å². The van der Waals surface area contributed by atoms with Crippen LogP contribution in [0.3, 0.4) is 0 Å². The van der Waals surface area contributed by atoms with Crippen molar-refractivity contribution in [2.24, 2.45) is 11.8 Å². The molecule has 1 heterocycles. The molecule has 0 N–H and O–H groups in total. The molecule has 0 amide bonds. The van der Waals surface area contributed by atoms with Gasteiger partial charge >= 0.3 is 5.97 Å². The van der Waals surface area contributed by atoms with E-state index in [1.54, 1.807) is 0 Å². The van der Waals surface area contributed by atoms with Crippen molar-refractivity contribution in [3.05, 3.63) is 30.3 Å². The molecule has 3 nitrogen and oxygen atoms in total. The summed E-state index contributed by atoms with van der Waals surface area (Å²) in [5.41, 5.74) is 0. The van der Waals surface area contributed by atoms with Gasteiger partial charge in [0.05, 0.1) is 5.92 Å². The van der Waals surface area contributed by atoms with Crippen LogP contribution in [0, 0.1) is 11.8 Å². The summed E-state index contributed by atoms with van der Waals surface area (Å²) in [5, 5.41) is 0. The predicted octanol–water partition coefficient (Wildman–Crippen LogP) is 3.43. The second-order valence-electron chi connectivity index (χ2n) is 5.59. The van der Waals surface area contributed by atoms with Gasteiger partial charge in [0, 0.05) is 6.42 Å². The van der Waals surface area contributed by atoms with Crippen molar-refractivity contribution in [3.8, 4) is 5.75 Å². The van der Waals surface area contributed by atoms with Gasteiger partial charge < -0.3 is 9.47 Å². The molecule has 1 aromatic carbocycles. The summed E-state index contributed by atoms with van der Waals surface area (Å²) in [4.78, 5) is 11.7. The predicted molar refractivity (Wildman–Crippen MR) is 74.0 cm³/mol. The topological polar surface area (TPSA) is 35.5 Å². The monoisotopic (exact) mass is 262 g/mol. The average molecular weight is 262 g/mol. The molecule has 0 aliphatic carbocycles. The molecule has 0 aromatic heterocycles. The van der Waals surface area contributed by atoms with E-state index in [-0.39, 0.29) is 18.0 Å². The van der Waals surface area contributed by atoms with Crippen LogP contribution in [-0.4, -0.2) is 18.7 Å². The number of cyclic esters (lactones) is 1. The first-order valence-corrected chi connectivity index (χ1v) is 7.03. The lowest BCUT2D eigenvalue weighted by molar-refractivity contribution is -0.145. The first-order chi connectivity index (χ1) is 9.15. The van der Waals surface area contributed by atoms with E-state index in [4.69, 9.17) is 9.47 Å². The van der Waals surface area contributed by atoms with Gasteiger partial charge in [0.1, 0.15) is 18.5 Å². The molecule has 1 aliphatic rings. The summed E-state index contributed by atoms with van der Waals surface area (Å²) in [6.45, 7) is 4.81. The van der Waals surface area contributed by atoms with E-state index in [1.807, 2.05) is 30.3 Å². The Morgan fingerprint density at radius 3 is 2.74 bits per heavy atom. The van der Waals surface area contributed by atoms with Crippen molar-refractivity contribution in [2.45, 2.75) is 39.2 Å². The minimum absolute atomic E-state index is 0.0534. The van der Waals surface area contributed by atoms with Gasteiger partial charge in [-0.25, -0.2) is 0 Å². The van der Waals surface area contributed by atoms with E-state index in [1.165, 1.54) is 0 Å². The first-order valence-electron chi connectivity index (χ1n) is 7.03. The fraction of sp³-hybridized carbons (Fsp3) is 0.562. The number of hydrogen-bond donors (Lipinski definition) is 0. The fourth-order valence-electron chi connectivity index (χ4n) is 2.30. The Hall–Kier alpha value is -1.51. The Bertz CT molecular complexity index is 400. The molecular formula is C16H22O3. The molecule has 1 aliphatic heterocycles. The highest BCUT2D eigenvalue weighted by atomic mass is 16.6. The molecular weight excluding hydrogens is 240 g/mol. The van der Waals surface area contributed by atoms with Crippen molar-refractivity contribution in [3.63, 3.8) is 0 Å². The second-order valence-corrected chi connectivity index (χ2v) is 5.59. The highest BCUT2D eigenvalue weighted by Gasteiger charge is 2.34. The third kappa shape index (κ3) is 4.27. The van der Waals surface area contributed by atoms with Crippen LogP contribution in [0.15, 0.2) is 30.3 Å². The smallest absolute Gasteiger partial charge is 0.309 e. The number of carbonyl (C=O) groups is 1. The lowest BCUT2D eigenvalue weighted by Gasteiger charge is -2.11. The fourth-order valence-corrected chi connectivity index (χ4v) is 2.30. The Kier molecular flexibility index (Phi) is 4.83. The molecule has 2 rings (SSSR count). The molecule has 2 unspecified atom stereocenters. The molecule has 0 saturated carbocycles. The summed E-state index contributed by atoms with van der Waals surface area (Å²) < 4.78 is 11.0. The number of rotatable bonds is 6. The number of benzene rings is 1. The highest BCUT2D eigenvalue weighted by molar-refractivity contribution is 5.74. The molecule has 1 aromatic rings. The van der Waals surface area contributed by atoms with Crippen LogP contribution in [0.4, 0.5) is 0 Å². The van der Waals surface area contributed by atoms with Crippen molar-refractivity contribution < 1.29 is 14.3 Å². The Balaban J connectivity index is 1.76. The zero-order chi connectivity index (χ0) is 13.7. The van der Waals surface area contributed by atoms with Gasteiger partial charge in [-0.2, -0.15) is 0 Å². The molecule has 0 bridgehead atoms. The van der Waals surface area contributed by atoms with Crippen molar-refractivity contribution in [2.75, 3.05) is 6.61 Å². The second kappa shape index (κ2) is 6.60. The van der Waals surface area contributed by atoms with Crippen LogP contribution in [0.5, 0.6) is 5.75 Å². The van der Waals surface area contributed by atoms with Crippen LogP contribution in [-0.2, 0) is 9.53 Å². The van der Waals surface area contributed by atoms with Crippen LogP contribution in [0.1, 0.15) is 33.1 Å². The van der Waals surface area contributed by atoms with Crippen LogP contribution in [0.2, 0.25) is 0 Å². The average Bonchev–Trinajstić information content (AvgIpc) is 2.76. The minimum atomic E-state index is -0.0927. The maximum atomic E-state index is 11.7. The van der Waals surface area contributed by atoms with Crippen LogP contribution < -0.4 is 4.74 Å². The van der Waals surface area contributed by atoms with Gasteiger partial charge in [-0.15, -0.1) is 0 Å². The Morgan fingerprint density at radius 2 is 2.05 bits per heavy atom. The zero-order valence-electron chi connectivity index (χ0n) is 11.7. The largest absolute Gasteiger partial charge is 0.490 e. The third-order valence-electron chi connectivity index (χ3n) is 3.44. The number of carbonyl (C=O) groups excluding carboxylic acids is 1. The molecule has 104 valence electrons. The molecule has 0 spiro atoms. The minimum Gasteiger partial charge on any atom is -0.490 e. The van der Waals surface area contributed by atoms with E-state index in [2.05, 4.69) is 13.8 Å². The van der Waals surface area contributed by atoms with Crippen molar-refractivity contribution in [1.29, 1.82) is 0 Å². The molecule has 19 heavy (non-hydrogen) atoms. The third-order valence-corrected chi connectivity index (χ3v) is 3.44. The molecule has 0 radical (unpaired) electrons. The standard InChI is InChI=1S/C16H22O3/c1-12(2)8-9-13-10-15(19-16(13)17)11-18-14-6-4-3-5-7-14/h3-7,12-13,15H,8-11H2,1-2H3. The highest BCUT2D eigenvalue weighted by Crippen LogP contribution is 2.27. The maximum Gasteiger partial charge on any atom is 0.309 e. The molecule has 1 fully saturated rings. The van der Waals surface area contributed by atoms with Crippen LogP contribution in [0.25, 0.3) is 0 Å². The quantitative estimate of drug-likeness (QED) is 0.737. The van der Waals surface area contributed by atoms with Crippen molar-refractivity contribution >= 4 is 5.97 Å². The summed E-state index contributed by atoms with van der Waals surface area (Å²) in [7, 11) is 0. The summed E-state index contributed by atoms with van der Waals surface area (Å²) in [6.07, 6.45) is 2.70. The molecule has 3 heteroatoms. The van der Waals surface area contributed by atoms with Gasteiger partial charge in [-0.1, -0.05) is 38.5 Å². The number of hydrogen-bond acceptors (Lipinski definition) is 3. The van der Waals surface area contributed by atoms with Crippen molar-refractivity contribution in [1.82, 2.24) is 0 Å². The normalized spacial score (nSPS) is 22.6. The van der Waals surface area contributed by atoms with Gasteiger partial charge in [0.15, 0.2) is 0 Å². The summed E-state index contributed by atoms with van der Waals surface area (Å²) >= 11 is 0. The SMILES string of the molecule is CC(C)CCC1CC(COc2ccccc2)OC1=O. The van der Waals surface area contributed by atoms with Gasteiger partial charge in [-0.3, -0.25) is 4.79 Å². The number of ether oxygens (including phenoxy) is 2. The van der Waals surface area contributed by atoms with Crippen LogP contribution >= 0.6 is 0 Å². The van der Waals surface area contributed by atoms with Gasteiger partial charge in [0.2, 0.25) is 0 Å². The Morgan fingerprint density at radius 1 is 1.32 bits per heavy atom. The summed E-state index contributed by atoms with van der Waals surface area (Å²) in [6, 6.07) is 9.63. The number of para-hydroxylation sites is 1. The molecule has 1 saturated heterocycles. The lowest BCUT2D eigenvalue weighted by Crippen LogP contribution is -2.17.